The molecule has 20 heavy (non-hydrogen) atoms. The highest BCUT2D eigenvalue weighted by Crippen LogP contribution is 2.10. The molecule has 0 fully saturated rings. The largest absolute Gasteiger partial charge is 0.380 e. The van der Waals surface area contributed by atoms with E-state index in [0.717, 1.165) is 18.5 Å². The Morgan fingerprint density at radius 2 is 2.40 bits per heavy atom. The van der Waals surface area contributed by atoms with Gasteiger partial charge in [-0.05, 0) is 24.5 Å². The van der Waals surface area contributed by atoms with Crippen molar-refractivity contribution in [2.75, 3.05) is 33.4 Å². The number of hydrogen-bond acceptors (Lipinski definition) is 3. The molecule has 0 unspecified atom stereocenters. The van der Waals surface area contributed by atoms with Crippen molar-refractivity contribution in [2.45, 2.75) is 19.9 Å². The van der Waals surface area contributed by atoms with Crippen LogP contribution in [0.4, 0.5) is 4.79 Å². The maximum atomic E-state index is 12.0. The minimum absolute atomic E-state index is 0.0124. The maximum Gasteiger partial charge on any atom is 0.317 e. The molecule has 2 amide bonds. The summed E-state index contributed by atoms with van der Waals surface area (Å²) in [5.41, 5.74) is 2.40. The van der Waals surface area contributed by atoms with Gasteiger partial charge in [0.15, 0.2) is 0 Å². The number of carbonyl (C=O) groups excluding carboxylic acids is 1. The number of aromatic nitrogens is 2. The molecule has 0 bridgehead atoms. The summed E-state index contributed by atoms with van der Waals surface area (Å²) in [6, 6.07) is -0.0124. The van der Waals surface area contributed by atoms with Gasteiger partial charge in [0, 0.05) is 32.9 Å². The summed E-state index contributed by atoms with van der Waals surface area (Å²) in [5, 5.41) is 7.11. The highest BCUT2D eigenvalue weighted by molar-refractivity contribution is 5.74. The van der Waals surface area contributed by atoms with Gasteiger partial charge in [-0.3, -0.25) is 4.68 Å². The molecule has 1 aromatic rings. The first-order chi connectivity index (χ1) is 9.69. The van der Waals surface area contributed by atoms with Crippen molar-refractivity contribution in [1.82, 2.24) is 20.0 Å². The van der Waals surface area contributed by atoms with Gasteiger partial charge in [-0.15, -0.1) is 0 Å². The van der Waals surface area contributed by atoms with Gasteiger partial charge in [0.2, 0.25) is 0 Å². The fourth-order valence-corrected chi connectivity index (χ4v) is 2.19. The minimum Gasteiger partial charge on any atom is -0.380 e. The van der Waals surface area contributed by atoms with Crippen LogP contribution in [-0.4, -0.2) is 54.1 Å². The predicted octanol–water partition coefficient (Wildman–Crippen LogP) is 1.18. The molecule has 0 radical (unpaired) electrons. The number of nitrogens with zero attached hydrogens (tertiary/aromatic N) is 3. The number of nitrogens with one attached hydrogen (secondary N) is 1. The second-order valence-corrected chi connectivity index (χ2v) is 5.00. The summed E-state index contributed by atoms with van der Waals surface area (Å²) in [4.78, 5) is 13.8. The molecule has 2 rings (SSSR count). The second kappa shape index (κ2) is 7.09. The highest BCUT2D eigenvalue weighted by Gasteiger charge is 2.16. The van der Waals surface area contributed by atoms with E-state index in [1.165, 1.54) is 5.57 Å². The lowest BCUT2D eigenvalue weighted by atomic mass is 10.1. The predicted molar refractivity (Wildman–Crippen MR) is 76.5 cm³/mol. The Balaban J connectivity index is 1.70. The average Bonchev–Trinajstić information content (AvgIpc) is 2.85. The topological polar surface area (TPSA) is 59.4 Å². The van der Waals surface area contributed by atoms with Crippen LogP contribution in [-0.2, 0) is 11.3 Å². The molecule has 0 aliphatic carbocycles. The molecular weight excluding hydrogens is 256 g/mol. The number of methoxy groups -OCH3 is 1. The van der Waals surface area contributed by atoms with E-state index < -0.39 is 0 Å². The lowest BCUT2D eigenvalue weighted by Crippen LogP contribution is -2.43. The van der Waals surface area contributed by atoms with Crippen LogP contribution in [0, 0.1) is 6.92 Å². The van der Waals surface area contributed by atoms with Crippen molar-refractivity contribution in [3.8, 4) is 0 Å². The van der Waals surface area contributed by atoms with E-state index in [1.54, 1.807) is 7.11 Å². The molecule has 1 N–H and O–H groups in total. The number of hydrogen-bond donors (Lipinski definition) is 1. The number of urea groups is 1. The van der Waals surface area contributed by atoms with E-state index in [1.807, 2.05) is 28.9 Å². The first-order valence-electron chi connectivity index (χ1n) is 6.87. The summed E-state index contributed by atoms with van der Waals surface area (Å²) in [5.74, 6) is 0. The van der Waals surface area contributed by atoms with Gasteiger partial charge in [-0.2, -0.15) is 5.10 Å². The van der Waals surface area contributed by atoms with E-state index in [0.29, 0.717) is 26.2 Å². The third-order valence-electron chi connectivity index (χ3n) is 3.30. The number of amides is 2. The van der Waals surface area contributed by atoms with Crippen LogP contribution in [0.15, 0.2) is 24.0 Å². The molecule has 0 saturated carbocycles. The Kier molecular flexibility index (Phi) is 5.17. The lowest BCUT2D eigenvalue weighted by Gasteiger charge is -2.26. The second-order valence-electron chi connectivity index (χ2n) is 5.00. The van der Waals surface area contributed by atoms with E-state index in [2.05, 4.69) is 16.5 Å². The first-order valence-corrected chi connectivity index (χ1v) is 6.87. The smallest absolute Gasteiger partial charge is 0.317 e. The van der Waals surface area contributed by atoms with Crippen LogP contribution in [0.5, 0.6) is 0 Å². The van der Waals surface area contributed by atoms with Crippen molar-refractivity contribution < 1.29 is 9.53 Å². The summed E-state index contributed by atoms with van der Waals surface area (Å²) in [7, 11) is 1.69. The number of aryl methyl sites for hydroxylation is 1. The van der Waals surface area contributed by atoms with Crippen molar-refractivity contribution >= 4 is 6.03 Å². The van der Waals surface area contributed by atoms with Crippen LogP contribution < -0.4 is 5.32 Å². The monoisotopic (exact) mass is 278 g/mol. The molecular formula is C14H22N4O2. The SMILES string of the molecule is COCC1=CCN(C(=O)NCCn2cc(C)cn2)CC1. The molecule has 6 nitrogen and oxygen atoms in total. The van der Waals surface area contributed by atoms with Crippen LogP contribution >= 0.6 is 0 Å². The van der Waals surface area contributed by atoms with Crippen LogP contribution in [0.2, 0.25) is 0 Å². The molecule has 0 spiro atoms. The molecule has 6 heteroatoms. The Labute approximate surface area is 119 Å². The Hall–Kier alpha value is -1.82. The number of rotatable bonds is 5. The van der Waals surface area contributed by atoms with E-state index in [4.69, 9.17) is 4.74 Å². The van der Waals surface area contributed by atoms with Crippen LogP contribution in [0.3, 0.4) is 0 Å². The van der Waals surface area contributed by atoms with Crippen molar-refractivity contribution in [1.29, 1.82) is 0 Å². The molecule has 1 aliphatic rings. The third kappa shape index (κ3) is 4.09. The van der Waals surface area contributed by atoms with Gasteiger partial charge in [0.1, 0.15) is 0 Å². The van der Waals surface area contributed by atoms with Gasteiger partial charge in [0.05, 0.1) is 19.3 Å². The van der Waals surface area contributed by atoms with Gasteiger partial charge >= 0.3 is 6.03 Å². The quantitative estimate of drug-likeness (QED) is 0.823. The van der Waals surface area contributed by atoms with Gasteiger partial charge in [-0.25, -0.2) is 4.79 Å². The van der Waals surface area contributed by atoms with Crippen molar-refractivity contribution in [3.63, 3.8) is 0 Å². The van der Waals surface area contributed by atoms with E-state index in [-0.39, 0.29) is 6.03 Å². The Bertz CT molecular complexity index is 481. The molecule has 0 saturated heterocycles. The molecule has 0 atom stereocenters. The zero-order valence-electron chi connectivity index (χ0n) is 12.1. The van der Waals surface area contributed by atoms with Crippen LogP contribution in [0.25, 0.3) is 0 Å². The summed E-state index contributed by atoms with van der Waals surface area (Å²) in [6.45, 7) is 5.35. The van der Waals surface area contributed by atoms with Crippen LogP contribution in [0.1, 0.15) is 12.0 Å². The van der Waals surface area contributed by atoms with Crippen molar-refractivity contribution in [2.24, 2.45) is 0 Å². The molecule has 110 valence electrons. The first kappa shape index (κ1) is 14.6. The average molecular weight is 278 g/mol. The van der Waals surface area contributed by atoms with E-state index >= 15 is 0 Å². The maximum absolute atomic E-state index is 12.0. The molecule has 0 aromatic carbocycles. The van der Waals surface area contributed by atoms with Gasteiger partial charge in [0.25, 0.3) is 0 Å². The fourth-order valence-electron chi connectivity index (χ4n) is 2.19. The number of carbonyl (C=O) groups is 1. The van der Waals surface area contributed by atoms with Gasteiger partial charge in [-0.1, -0.05) is 6.08 Å². The lowest BCUT2D eigenvalue weighted by molar-refractivity contribution is 0.193. The Morgan fingerprint density at radius 3 is 3.00 bits per heavy atom. The third-order valence-corrected chi connectivity index (χ3v) is 3.30. The summed E-state index contributed by atoms with van der Waals surface area (Å²) >= 11 is 0. The normalized spacial score (nSPS) is 15.1. The van der Waals surface area contributed by atoms with E-state index in [9.17, 15) is 4.79 Å². The zero-order chi connectivity index (χ0) is 14.4. The highest BCUT2D eigenvalue weighted by atomic mass is 16.5. The fraction of sp³-hybridized carbons (Fsp3) is 0.571. The molecule has 1 aliphatic heterocycles. The molecule has 2 heterocycles. The Morgan fingerprint density at radius 1 is 1.55 bits per heavy atom. The van der Waals surface area contributed by atoms with Crippen molar-refractivity contribution in [3.05, 3.63) is 29.6 Å². The zero-order valence-corrected chi connectivity index (χ0v) is 12.1. The minimum atomic E-state index is -0.0124. The van der Waals surface area contributed by atoms with Gasteiger partial charge < -0.3 is 15.0 Å². The molecule has 1 aromatic heterocycles. The summed E-state index contributed by atoms with van der Waals surface area (Å²) < 4.78 is 6.93. The standard InChI is InChI=1S/C14H22N4O2/c1-12-9-16-18(10-12)8-5-15-14(19)17-6-3-13(4-7-17)11-20-2/h3,9-10H,4-8,11H2,1-2H3,(H,15,19). The number of ether oxygens (including phenoxy) is 1. The summed E-state index contributed by atoms with van der Waals surface area (Å²) in [6.07, 6.45) is 6.74.